The molecule has 2 N–H and O–H groups in total. The van der Waals surface area contributed by atoms with Crippen LogP contribution in [0.25, 0.3) is 11.4 Å². The maximum absolute atomic E-state index is 13.4. The van der Waals surface area contributed by atoms with Crippen molar-refractivity contribution in [3.8, 4) is 11.4 Å². The van der Waals surface area contributed by atoms with Crippen LogP contribution in [-0.2, 0) is 17.8 Å². The summed E-state index contributed by atoms with van der Waals surface area (Å²) < 4.78 is 0. The van der Waals surface area contributed by atoms with E-state index in [-0.39, 0.29) is 11.8 Å². The average Bonchev–Trinajstić information content (AvgIpc) is 3.38. The average molecular weight is 459 g/mol. The van der Waals surface area contributed by atoms with Gasteiger partial charge in [-0.25, -0.2) is 0 Å². The predicted molar refractivity (Wildman–Crippen MR) is 124 cm³/mol. The Bertz CT molecular complexity index is 1310. The normalized spacial score (nSPS) is 15.1. The minimum Gasteiger partial charge on any atom is -0.324 e. The Kier molecular flexibility index (Phi) is 5.58. The number of hydrogen-bond acceptors (Lipinski definition) is 5. The zero-order valence-electron chi connectivity index (χ0n) is 17.4. The van der Waals surface area contributed by atoms with Crippen LogP contribution in [0.5, 0.6) is 0 Å². The van der Waals surface area contributed by atoms with E-state index in [9.17, 15) is 9.59 Å². The van der Waals surface area contributed by atoms with Crippen LogP contribution in [0, 0.1) is 0 Å². The Hall–Kier alpha value is -4.04. The third kappa shape index (κ3) is 4.20. The Labute approximate surface area is 194 Å². The summed E-state index contributed by atoms with van der Waals surface area (Å²) in [4.78, 5) is 28.3. The first-order valence-corrected chi connectivity index (χ1v) is 10.7. The van der Waals surface area contributed by atoms with E-state index in [0.717, 1.165) is 16.7 Å². The standard InChI is InChI=1S/C24H19ClN6O2/c25-20-8-4-3-7-19(20)24(33)31-14-17-6-2-1-5-16(17)13-21(31)23(32)26-18-11-9-15(10-12-18)22-27-29-30-28-22/h1-12,21H,13-14H2,(H,26,32)(H,27,28,29,30). The number of amides is 2. The van der Waals surface area contributed by atoms with Crippen LogP contribution in [0.1, 0.15) is 21.5 Å². The first kappa shape index (κ1) is 20.8. The first-order valence-electron chi connectivity index (χ1n) is 10.4. The van der Waals surface area contributed by atoms with Crippen molar-refractivity contribution < 1.29 is 9.59 Å². The maximum atomic E-state index is 13.4. The highest BCUT2D eigenvalue weighted by molar-refractivity contribution is 6.33. The molecule has 1 aromatic heterocycles. The highest BCUT2D eigenvalue weighted by atomic mass is 35.5. The van der Waals surface area contributed by atoms with Crippen LogP contribution in [0.2, 0.25) is 5.02 Å². The molecule has 0 saturated heterocycles. The van der Waals surface area contributed by atoms with E-state index in [0.29, 0.717) is 35.1 Å². The zero-order valence-corrected chi connectivity index (χ0v) is 18.2. The Balaban J connectivity index is 1.41. The number of rotatable bonds is 4. The number of aromatic amines is 1. The Morgan fingerprint density at radius 3 is 2.42 bits per heavy atom. The van der Waals surface area contributed by atoms with Crippen LogP contribution in [0.4, 0.5) is 5.69 Å². The van der Waals surface area contributed by atoms with E-state index in [4.69, 9.17) is 11.6 Å². The van der Waals surface area contributed by atoms with Gasteiger partial charge >= 0.3 is 0 Å². The lowest BCUT2D eigenvalue weighted by Crippen LogP contribution is -2.50. The molecule has 1 unspecified atom stereocenters. The van der Waals surface area contributed by atoms with E-state index >= 15 is 0 Å². The summed E-state index contributed by atoms with van der Waals surface area (Å²) >= 11 is 6.29. The molecule has 1 aliphatic rings. The number of carbonyl (C=O) groups is 2. The van der Waals surface area contributed by atoms with Gasteiger partial charge < -0.3 is 10.2 Å². The number of fused-ring (bicyclic) bond motifs is 1. The molecule has 4 aromatic rings. The summed E-state index contributed by atoms with van der Waals surface area (Å²) in [5, 5.41) is 17.2. The SMILES string of the molecule is O=C(Nc1ccc(-c2nn[nH]n2)cc1)C1Cc2ccccc2CN1C(=O)c1ccccc1Cl. The van der Waals surface area contributed by atoms with Crippen LogP contribution in [-0.4, -0.2) is 43.4 Å². The first-order chi connectivity index (χ1) is 16.1. The van der Waals surface area contributed by atoms with Crippen molar-refractivity contribution in [2.45, 2.75) is 19.0 Å². The molecule has 5 rings (SSSR count). The van der Waals surface area contributed by atoms with E-state index in [1.54, 1.807) is 53.4 Å². The Morgan fingerprint density at radius 2 is 1.70 bits per heavy atom. The van der Waals surface area contributed by atoms with Crippen molar-refractivity contribution in [1.82, 2.24) is 25.5 Å². The summed E-state index contributed by atoms with van der Waals surface area (Å²) in [6.07, 6.45) is 0.416. The van der Waals surface area contributed by atoms with Crippen molar-refractivity contribution in [3.05, 3.63) is 94.5 Å². The fourth-order valence-electron chi connectivity index (χ4n) is 3.97. The zero-order chi connectivity index (χ0) is 22.8. The molecule has 2 amide bonds. The predicted octanol–water partition coefficient (Wildman–Crippen LogP) is 3.73. The van der Waals surface area contributed by atoms with Gasteiger partial charge in [-0.1, -0.05) is 48.0 Å². The molecule has 1 atom stereocenters. The van der Waals surface area contributed by atoms with Gasteiger partial charge in [0, 0.05) is 24.2 Å². The van der Waals surface area contributed by atoms with Crippen molar-refractivity contribution in [2.75, 3.05) is 5.32 Å². The van der Waals surface area contributed by atoms with Crippen LogP contribution in [0.3, 0.4) is 0 Å². The lowest BCUT2D eigenvalue weighted by Gasteiger charge is -2.36. The molecule has 164 valence electrons. The molecule has 0 bridgehead atoms. The summed E-state index contributed by atoms with van der Waals surface area (Å²) in [5.74, 6) is -0.0757. The molecular weight excluding hydrogens is 440 g/mol. The molecule has 0 radical (unpaired) electrons. The van der Waals surface area contributed by atoms with Crippen LogP contribution in [0.15, 0.2) is 72.8 Å². The van der Waals surface area contributed by atoms with Gasteiger partial charge in [0.05, 0.1) is 10.6 Å². The molecule has 0 saturated carbocycles. The highest BCUT2D eigenvalue weighted by Gasteiger charge is 2.35. The van der Waals surface area contributed by atoms with E-state index in [1.165, 1.54) is 0 Å². The molecule has 1 aliphatic heterocycles. The van der Waals surface area contributed by atoms with Gasteiger partial charge in [0.25, 0.3) is 5.91 Å². The smallest absolute Gasteiger partial charge is 0.256 e. The number of anilines is 1. The second kappa shape index (κ2) is 8.84. The lowest BCUT2D eigenvalue weighted by molar-refractivity contribution is -0.121. The van der Waals surface area contributed by atoms with Gasteiger partial charge in [0.15, 0.2) is 0 Å². The van der Waals surface area contributed by atoms with Gasteiger partial charge in [-0.3, -0.25) is 9.59 Å². The minimum absolute atomic E-state index is 0.266. The molecule has 33 heavy (non-hydrogen) atoms. The summed E-state index contributed by atoms with van der Waals surface area (Å²) in [5.41, 5.74) is 3.82. The number of nitrogens with zero attached hydrogens (tertiary/aromatic N) is 4. The summed E-state index contributed by atoms with van der Waals surface area (Å²) in [6.45, 7) is 0.328. The third-order valence-corrected chi connectivity index (χ3v) is 6.00. The summed E-state index contributed by atoms with van der Waals surface area (Å²) in [7, 11) is 0. The van der Waals surface area contributed by atoms with Gasteiger partial charge in [-0.2, -0.15) is 5.21 Å². The van der Waals surface area contributed by atoms with Crippen molar-refractivity contribution in [2.24, 2.45) is 0 Å². The lowest BCUT2D eigenvalue weighted by atomic mass is 9.92. The number of nitrogens with one attached hydrogen (secondary N) is 2. The fourth-order valence-corrected chi connectivity index (χ4v) is 4.19. The summed E-state index contributed by atoms with van der Waals surface area (Å²) in [6, 6.07) is 21.2. The molecule has 8 nitrogen and oxygen atoms in total. The Morgan fingerprint density at radius 1 is 0.970 bits per heavy atom. The maximum Gasteiger partial charge on any atom is 0.256 e. The molecule has 0 aliphatic carbocycles. The fraction of sp³-hybridized carbons (Fsp3) is 0.125. The molecule has 0 spiro atoms. The topological polar surface area (TPSA) is 104 Å². The molecule has 2 heterocycles. The van der Waals surface area contributed by atoms with E-state index in [1.807, 2.05) is 24.3 Å². The number of tetrazole rings is 1. The molecular formula is C24H19ClN6O2. The minimum atomic E-state index is -0.680. The van der Waals surface area contributed by atoms with Gasteiger partial charge in [0.2, 0.25) is 11.7 Å². The molecule has 0 fully saturated rings. The van der Waals surface area contributed by atoms with Crippen molar-refractivity contribution in [1.29, 1.82) is 0 Å². The van der Waals surface area contributed by atoms with Gasteiger partial charge in [-0.15, -0.1) is 10.2 Å². The quantitative estimate of drug-likeness (QED) is 0.485. The number of carbonyl (C=O) groups excluding carboxylic acids is 2. The monoisotopic (exact) mass is 458 g/mol. The number of aromatic nitrogens is 4. The van der Waals surface area contributed by atoms with Crippen LogP contribution >= 0.6 is 11.6 Å². The largest absolute Gasteiger partial charge is 0.324 e. The highest BCUT2D eigenvalue weighted by Crippen LogP contribution is 2.28. The number of hydrogen-bond donors (Lipinski definition) is 2. The van der Waals surface area contributed by atoms with Crippen LogP contribution < -0.4 is 5.32 Å². The van der Waals surface area contributed by atoms with Gasteiger partial charge in [-0.05, 0) is 52.7 Å². The number of halogens is 1. The molecule has 3 aromatic carbocycles. The van der Waals surface area contributed by atoms with E-state index in [2.05, 4.69) is 25.9 Å². The van der Waals surface area contributed by atoms with E-state index < -0.39 is 6.04 Å². The number of benzene rings is 3. The third-order valence-electron chi connectivity index (χ3n) is 5.67. The molecule has 9 heteroatoms. The van der Waals surface area contributed by atoms with Crippen molar-refractivity contribution >= 4 is 29.1 Å². The van der Waals surface area contributed by atoms with Crippen molar-refractivity contribution in [3.63, 3.8) is 0 Å². The number of H-pyrrole nitrogens is 1. The second-order valence-corrected chi connectivity index (χ2v) is 8.11. The second-order valence-electron chi connectivity index (χ2n) is 7.70. The van der Waals surface area contributed by atoms with Gasteiger partial charge in [0.1, 0.15) is 6.04 Å².